The van der Waals surface area contributed by atoms with E-state index in [1.165, 1.54) is 12.1 Å². The molecule has 6 heteroatoms. The number of primary sulfonamides is 1. The highest BCUT2D eigenvalue weighted by molar-refractivity contribution is 7.89. The molecular weight excluding hydrogens is 278 g/mol. The first-order valence-electron chi connectivity index (χ1n) is 5.81. The summed E-state index contributed by atoms with van der Waals surface area (Å²) < 4.78 is 23.2. The van der Waals surface area contributed by atoms with Crippen molar-refractivity contribution in [3.63, 3.8) is 0 Å². The predicted molar refractivity (Wildman–Crippen MR) is 74.6 cm³/mol. The summed E-state index contributed by atoms with van der Waals surface area (Å²) in [5, 5.41) is 14.0. The Bertz CT molecular complexity index is 739. The number of rotatable bonds is 4. The van der Waals surface area contributed by atoms with E-state index < -0.39 is 16.0 Å². The van der Waals surface area contributed by atoms with Crippen LogP contribution in [0.15, 0.2) is 53.4 Å². The first-order chi connectivity index (χ1) is 9.38. The van der Waals surface area contributed by atoms with E-state index in [1.54, 1.807) is 6.07 Å². The molecule has 104 valence electrons. The summed E-state index contributed by atoms with van der Waals surface area (Å²) in [6, 6.07) is 13.7. The molecule has 0 fully saturated rings. The minimum Gasteiger partial charge on any atom is -0.481 e. The fourth-order valence-electron chi connectivity index (χ4n) is 1.94. The first kappa shape index (κ1) is 14.2. The second kappa shape index (κ2) is 5.44. The molecular formula is C14H13NO4S. The minimum atomic E-state index is -3.97. The molecule has 0 aromatic heterocycles. The van der Waals surface area contributed by atoms with Crippen LogP contribution in [-0.2, 0) is 21.2 Å². The van der Waals surface area contributed by atoms with Gasteiger partial charge in [0.25, 0.3) is 0 Å². The van der Waals surface area contributed by atoms with E-state index in [4.69, 9.17) is 10.2 Å². The number of carboxylic acid groups (broad SMARTS) is 1. The first-order valence-corrected chi connectivity index (χ1v) is 7.35. The highest BCUT2D eigenvalue weighted by Crippen LogP contribution is 2.25. The second-order valence-electron chi connectivity index (χ2n) is 4.30. The topological polar surface area (TPSA) is 97.5 Å². The lowest BCUT2D eigenvalue weighted by atomic mass is 10.0. The predicted octanol–water partition coefficient (Wildman–Crippen LogP) is 1.63. The van der Waals surface area contributed by atoms with Crippen LogP contribution in [0.25, 0.3) is 11.1 Å². The molecule has 0 radical (unpaired) electrons. The lowest BCUT2D eigenvalue weighted by Crippen LogP contribution is -2.16. The molecule has 20 heavy (non-hydrogen) atoms. The zero-order valence-corrected chi connectivity index (χ0v) is 11.3. The van der Waals surface area contributed by atoms with Crippen LogP contribution in [0.2, 0.25) is 0 Å². The summed E-state index contributed by atoms with van der Waals surface area (Å²) in [6.07, 6.45) is -0.388. The molecule has 0 amide bonds. The van der Waals surface area contributed by atoms with Gasteiger partial charge in [0.1, 0.15) is 0 Å². The maximum absolute atomic E-state index is 11.6. The molecule has 0 aliphatic carbocycles. The van der Waals surface area contributed by atoms with Gasteiger partial charge in [0.05, 0.1) is 11.3 Å². The van der Waals surface area contributed by atoms with Gasteiger partial charge in [-0.05, 0) is 22.8 Å². The Morgan fingerprint density at radius 2 is 1.70 bits per heavy atom. The molecule has 2 aromatic rings. The summed E-state index contributed by atoms with van der Waals surface area (Å²) in [7, 11) is -3.97. The van der Waals surface area contributed by atoms with Crippen molar-refractivity contribution in [3.05, 3.63) is 54.1 Å². The standard InChI is InChI=1S/C14H13NO4S/c15-20(18,19)13-8-11(10-4-2-1-3-5-10)6-7-12(13)9-14(16)17/h1-8H,9H2,(H,16,17)(H2,15,18,19). The quantitative estimate of drug-likeness (QED) is 0.894. The van der Waals surface area contributed by atoms with Crippen LogP contribution in [0, 0.1) is 0 Å². The zero-order chi connectivity index (χ0) is 14.8. The van der Waals surface area contributed by atoms with E-state index in [9.17, 15) is 13.2 Å². The molecule has 5 nitrogen and oxygen atoms in total. The Hall–Kier alpha value is -2.18. The van der Waals surface area contributed by atoms with Crippen molar-refractivity contribution in [2.75, 3.05) is 0 Å². The molecule has 0 aliphatic rings. The fraction of sp³-hybridized carbons (Fsp3) is 0.0714. The van der Waals surface area contributed by atoms with Gasteiger partial charge in [0, 0.05) is 0 Å². The van der Waals surface area contributed by atoms with Crippen LogP contribution in [0.5, 0.6) is 0 Å². The van der Waals surface area contributed by atoms with E-state index in [-0.39, 0.29) is 16.9 Å². The van der Waals surface area contributed by atoms with Gasteiger partial charge in [-0.25, -0.2) is 13.6 Å². The van der Waals surface area contributed by atoms with Crippen molar-refractivity contribution in [1.82, 2.24) is 0 Å². The minimum absolute atomic E-state index is 0.152. The van der Waals surface area contributed by atoms with E-state index in [1.807, 2.05) is 30.3 Å². The second-order valence-corrected chi connectivity index (χ2v) is 5.83. The van der Waals surface area contributed by atoms with E-state index in [2.05, 4.69) is 0 Å². The van der Waals surface area contributed by atoms with Crippen LogP contribution in [-0.4, -0.2) is 19.5 Å². The Kier molecular flexibility index (Phi) is 3.87. The third-order valence-electron chi connectivity index (χ3n) is 2.82. The number of benzene rings is 2. The Morgan fingerprint density at radius 3 is 2.25 bits per heavy atom. The van der Waals surface area contributed by atoms with Crippen LogP contribution in [0.3, 0.4) is 0 Å². The molecule has 0 saturated carbocycles. The van der Waals surface area contributed by atoms with Crippen LogP contribution >= 0.6 is 0 Å². The Balaban J connectivity index is 2.58. The maximum Gasteiger partial charge on any atom is 0.307 e. The van der Waals surface area contributed by atoms with Gasteiger partial charge < -0.3 is 5.11 Å². The molecule has 0 unspecified atom stereocenters. The molecule has 0 spiro atoms. The lowest BCUT2D eigenvalue weighted by molar-refractivity contribution is -0.136. The molecule has 0 bridgehead atoms. The van der Waals surface area contributed by atoms with Crippen molar-refractivity contribution in [1.29, 1.82) is 0 Å². The number of hydrogen-bond donors (Lipinski definition) is 2. The van der Waals surface area contributed by atoms with E-state index in [0.29, 0.717) is 5.56 Å². The zero-order valence-electron chi connectivity index (χ0n) is 10.5. The largest absolute Gasteiger partial charge is 0.481 e. The van der Waals surface area contributed by atoms with Gasteiger partial charge in [-0.3, -0.25) is 4.79 Å². The number of carbonyl (C=O) groups is 1. The summed E-state index contributed by atoms with van der Waals surface area (Å²) in [5.41, 5.74) is 1.68. The number of hydrogen-bond acceptors (Lipinski definition) is 3. The molecule has 2 aromatic carbocycles. The maximum atomic E-state index is 11.6. The van der Waals surface area contributed by atoms with Gasteiger partial charge in [0.2, 0.25) is 10.0 Å². The highest BCUT2D eigenvalue weighted by Gasteiger charge is 2.17. The van der Waals surface area contributed by atoms with Crippen molar-refractivity contribution >= 4 is 16.0 Å². The molecule has 0 aliphatic heterocycles. The van der Waals surface area contributed by atoms with Crippen molar-refractivity contribution in [3.8, 4) is 11.1 Å². The fourth-order valence-corrected chi connectivity index (χ4v) is 2.74. The van der Waals surface area contributed by atoms with E-state index >= 15 is 0 Å². The number of carboxylic acids is 1. The average molecular weight is 291 g/mol. The summed E-state index contributed by atoms with van der Waals surface area (Å²) in [4.78, 5) is 10.6. The third kappa shape index (κ3) is 3.23. The Labute approximate surface area is 116 Å². The van der Waals surface area contributed by atoms with Gasteiger partial charge >= 0.3 is 5.97 Å². The number of sulfonamides is 1. The highest BCUT2D eigenvalue weighted by atomic mass is 32.2. The smallest absolute Gasteiger partial charge is 0.307 e. The normalized spacial score (nSPS) is 11.2. The van der Waals surface area contributed by atoms with Gasteiger partial charge in [-0.1, -0.05) is 42.5 Å². The van der Waals surface area contributed by atoms with Crippen LogP contribution in [0.1, 0.15) is 5.56 Å². The van der Waals surface area contributed by atoms with Crippen molar-refractivity contribution in [2.24, 2.45) is 5.14 Å². The summed E-state index contributed by atoms with van der Waals surface area (Å²) in [5.74, 6) is -1.11. The number of aliphatic carboxylic acids is 1. The van der Waals surface area contributed by atoms with Crippen molar-refractivity contribution < 1.29 is 18.3 Å². The lowest BCUT2D eigenvalue weighted by Gasteiger charge is -2.09. The SMILES string of the molecule is NS(=O)(=O)c1cc(-c2ccccc2)ccc1CC(=O)O. The van der Waals surface area contributed by atoms with Gasteiger partial charge in [-0.2, -0.15) is 0 Å². The molecule has 0 atom stereocenters. The molecule has 0 saturated heterocycles. The van der Waals surface area contributed by atoms with E-state index in [0.717, 1.165) is 5.56 Å². The number of nitrogens with two attached hydrogens (primary N) is 1. The monoisotopic (exact) mass is 291 g/mol. The molecule has 0 heterocycles. The molecule has 2 rings (SSSR count). The Morgan fingerprint density at radius 1 is 1.05 bits per heavy atom. The van der Waals surface area contributed by atoms with Crippen LogP contribution < -0.4 is 5.14 Å². The average Bonchev–Trinajstić information content (AvgIpc) is 2.38. The van der Waals surface area contributed by atoms with Crippen molar-refractivity contribution in [2.45, 2.75) is 11.3 Å². The van der Waals surface area contributed by atoms with Gasteiger partial charge in [-0.15, -0.1) is 0 Å². The molecule has 3 N–H and O–H groups in total. The summed E-state index contributed by atoms with van der Waals surface area (Å²) in [6.45, 7) is 0. The van der Waals surface area contributed by atoms with Gasteiger partial charge in [0.15, 0.2) is 0 Å². The third-order valence-corrected chi connectivity index (χ3v) is 3.82. The summed E-state index contributed by atoms with van der Waals surface area (Å²) >= 11 is 0. The van der Waals surface area contributed by atoms with Crippen LogP contribution in [0.4, 0.5) is 0 Å².